The first-order valence-corrected chi connectivity index (χ1v) is 7.71. The van der Waals surface area contributed by atoms with Gasteiger partial charge in [0.2, 0.25) is 5.91 Å². The van der Waals surface area contributed by atoms with Gasteiger partial charge in [0, 0.05) is 11.3 Å². The summed E-state index contributed by atoms with van der Waals surface area (Å²) in [5.41, 5.74) is 2.34. The van der Waals surface area contributed by atoms with Crippen LogP contribution in [0.4, 0.5) is 5.69 Å². The molecule has 0 saturated carbocycles. The number of benzene rings is 2. The summed E-state index contributed by atoms with van der Waals surface area (Å²) in [4.78, 5) is 24.8. The Morgan fingerprint density at radius 2 is 1.65 bits per heavy atom. The van der Waals surface area contributed by atoms with Gasteiger partial charge in [-0.1, -0.05) is 44.2 Å². The van der Waals surface area contributed by atoms with E-state index in [9.17, 15) is 9.59 Å². The van der Waals surface area contributed by atoms with Crippen molar-refractivity contribution in [2.45, 2.75) is 26.8 Å². The van der Waals surface area contributed by atoms with Crippen LogP contribution in [0, 0.1) is 12.8 Å². The predicted octanol–water partition coefficient (Wildman–Crippen LogP) is 3.39. The lowest BCUT2D eigenvalue weighted by atomic mass is 10.0. The van der Waals surface area contributed by atoms with Crippen molar-refractivity contribution in [2.24, 2.45) is 5.92 Å². The van der Waals surface area contributed by atoms with E-state index in [0.717, 1.165) is 11.3 Å². The van der Waals surface area contributed by atoms with Gasteiger partial charge in [-0.15, -0.1) is 0 Å². The van der Waals surface area contributed by atoms with Crippen LogP contribution in [0.25, 0.3) is 0 Å². The first kappa shape index (κ1) is 16.7. The third kappa shape index (κ3) is 4.68. The normalized spacial score (nSPS) is 11.8. The zero-order valence-corrected chi connectivity index (χ0v) is 13.7. The van der Waals surface area contributed by atoms with E-state index < -0.39 is 6.04 Å². The summed E-state index contributed by atoms with van der Waals surface area (Å²) in [5, 5.41) is 5.68. The van der Waals surface area contributed by atoms with Crippen molar-refractivity contribution in [1.29, 1.82) is 0 Å². The number of hydrogen-bond acceptors (Lipinski definition) is 2. The van der Waals surface area contributed by atoms with Crippen molar-refractivity contribution < 1.29 is 9.59 Å². The molecule has 0 aliphatic heterocycles. The van der Waals surface area contributed by atoms with Crippen molar-refractivity contribution in [2.75, 3.05) is 5.32 Å². The van der Waals surface area contributed by atoms with Crippen LogP contribution >= 0.6 is 0 Å². The quantitative estimate of drug-likeness (QED) is 0.889. The van der Waals surface area contributed by atoms with Gasteiger partial charge in [-0.2, -0.15) is 0 Å². The van der Waals surface area contributed by atoms with Gasteiger partial charge in [0.1, 0.15) is 6.04 Å². The minimum atomic E-state index is -0.594. The third-order valence-electron chi connectivity index (χ3n) is 3.56. The molecule has 0 spiro atoms. The van der Waals surface area contributed by atoms with E-state index in [4.69, 9.17) is 0 Å². The standard InChI is InChI=1S/C19H22N2O2/c1-13(2)17(21-18(22)15-9-5-4-6-10-15)19(23)20-16-11-7-8-14(3)12-16/h4-13,17H,1-3H3,(H,20,23)(H,21,22). The minimum Gasteiger partial charge on any atom is -0.340 e. The summed E-state index contributed by atoms with van der Waals surface area (Å²) < 4.78 is 0. The van der Waals surface area contributed by atoms with Gasteiger partial charge in [0.15, 0.2) is 0 Å². The van der Waals surface area contributed by atoms with Gasteiger partial charge in [-0.05, 0) is 42.7 Å². The van der Waals surface area contributed by atoms with Crippen molar-refractivity contribution >= 4 is 17.5 Å². The molecule has 0 aliphatic rings. The summed E-state index contributed by atoms with van der Waals surface area (Å²) in [5.74, 6) is -0.481. The van der Waals surface area contributed by atoms with Crippen LogP contribution < -0.4 is 10.6 Å². The number of carbonyl (C=O) groups is 2. The number of amides is 2. The maximum atomic E-state index is 12.5. The van der Waals surface area contributed by atoms with Crippen LogP contribution in [-0.4, -0.2) is 17.9 Å². The van der Waals surface area contributed by atoms with E-state index in [2.05, 4.69) is 10.6 Å². The third-order valence-corrected chi connectivity index (χ3v) is 3.56. The summed E-state index contributed by atoms with van der Waals surface area (Å²) in [6.45, 7) is 5.78. The topological polar surface area (TPSA) is 58.2 Å². The second-order valence-corrected chi connectivity index (χ2v) is 5.92. The smallest absolute Gasteiger partial charge is 0.251 e. The highest BCUT2D eigenvalue weighted by atomic mass is 16.2. The Kier molecular flexibility index (Phi) is 5.52. The van der Waals surface area contributed by atoms with Crippen LogP contribution in [0.3, 0.4) is 0 Å². The zero-order valence-electron chi connectivity index (χ0n) is 13.7. The Morgan fingerprint density at radius 3 is 2.26 bits per heavy atom. The number of nitrogens with one attached hydrogen (secondary N) is 2. The molecule has 120 valence electrons. The van der Waals surface area contributed by atoms with E-state index in [0.29, 0.717) is 5.56 Å². The van der Waals surface area contributed by atoms with E-state index in [1.54, 1.807) is 24.3 Å². The van der Waals surface area contributed by atoms with Gasteiger partial charge in [0.25, 0.3) is 5.91 Å². The van der Waals surface area contributed by atoms with Crippen LogP contribution in [0.15, 0.2) is 54.6 Å². The van der Waals surface area contributed by atoms with Gasteiger partial charge >= 0.3 is 0 Å². The Labute approximate surface area is 136 Å². The van der Waals surface area contributed by atoms with Gasteiger partial charge in [0.05, 0.1) is 0 Å². The lowest BCUT2D eigenvalue weighted by Crippen LogP contribution is -2.47. The fourth-order valence-electron chi connectivity index (χ4n) is 2.29. The van der Waals surface area contributed by atoms with E-state index in [-0.39, 0.29) is 17.7 Å². The summed E-state index contributed by atoms with van der Waals surface area (Å²) in [7, 11) is 0. The molecule has 2 rings (SSSR count). The number of carbonyl (C=O) groups excluding carboxylic acids is 2. The Hall–Kier alpha value is -2.62. The van der Waals surface area contributed by atoms with Crippen molar-refractivity contribution in [3.05, 3.63) is 65.7 Å². The maximum absolute atomic E-state index is 12.5. The molecule has 2 amide bonds. The average Bonchev–Trinajstić information content (AvgIpc) is 2.52. The molecule has 0 radical (unpaired) electrons. The molecule has 0 aliphatic carbocycles. The monoisotopic (exact) mass is 310 g/mol. The highest BCUT2D eigenvalue weighted by Gasteiger charge is 2.24. The molecule has 2 aromatic carbocycles. The average molecular weight is 310 g/mol. The second-order valence-electron chi connectivity index (χ2n) is 5.92. The molecule has 1 atom stereocenters. The second kappa shape index (κ2) is 7.58. The van der Waals surface area contributed by atoms with Crippen LogP contribution in [0.1, 0.15) is 29.8 Å². The molecule has 23 heavy (non-hydrogen) atoms. The molecule has 2 N–H and O–H groups in total. The molecule has 4 nitrogen and oxygen atoms in total. The van der Waals surface area contributed by atoms with E-state index in [1.807, 2.05) is 51.1 Å². The van der Waals surface area contributed by atoms with Crippen molar-refractivity contribution in [1.82, 2.24) is 5.32 Å². The summed E-state index contributed by atoms with van der Waals surface area (Å²) in [6, 6.07) is 15.9. The summed E-state index contributed by atoms with van der Waals surface area (Å²) in [6.07, 6.45) is 0. The first-order chi connectivity index (χ1) is 11.0. The molecule has 0 saturated heterocycles. The molecule has 0 aromatic heterocycles. The van der Waals surface area contributed by atoms with Crippen LogP contribution in [0.5, 0.6) is 0 Å². The molecule has 4 heteroatoms. The van der Waals surface area contributed by atoms with Crippen LogP contribution in [-0.2, 0) is 4.79 Å². The highest BCUT2D eigenvalue weighted by molar-refractivity contribution is 6.01. The number of hydrogen-bond donors (Lipinski definition) is 2. The van der Waals surface area contributed by atoms with Crippen LogP contribution in [0.2, 0.25) is 0 Å². The van der Waals surface area contributed by atoms with Crippen molar-refractivity contribution in [3.63, 3.8) is 0 Å². The number of anilines is 1. The van der Waals surface area contributed by atoms with Gasteiger partial charge in [-0.3, -0.25) is 9.59 Å². The Morgan fingerprint density at radius 1 is 0.957 bits per heavy atom. The van der Waals surface area contributed by atoms with Gasteiger partial charge < -0.3 is 10.6 Å². The molecule has 0 fully saturated rings. The summed E-state index contributed by atoms with van der Waals surface area (Å²) >= 11 is 0. The fourth-order valence-corrected chi connectivity index (χ4v) is 2.29. The molecule has 2 aromatic rings. The van der Waals surface area contributed by atoms with Crippen molar-refractivity contribution in [3.8, 4) is 0 Å². The van der Waals surface area contributed by atoms with E-state index >= 15 is 0 Å². The molecule has 0 heterocycles. The number of aryl methyl sites for hydroxylation is 1. The van der Waals surface area contributed by atoms with Gasteiger partial charge in [-0.25, -0.2) is 0 Å². The van der Waals surface area contributed by atoms with E-state index in [1.165, 1.54) is 0 Å². The lowest BCUT2D eigenvalue weighted by molar-refractivity contribution is -0.118. The highest BCUT2D eigenvalue weighted by Crippen LogP contribution is 2.12. The fraction of sp³-hybridized carbons (Fsp3) is 0.263. The largest absolute Gasteiger partial charge is 0.340 e. The molecule has 0 bridgehead atoms. The minimum absolute atomic E-state index is 0.0209. The molecular weight excluding hydrogens is 288 g/mol. The zero-order chi connectivity index (χ0) is 16.8. The maximum Gasteiger partial charge on any atom is 0.251 e. The SMILES string of the molecule is Cc1cccc(NC(=O)C(NC(=O)c2ccccc2)C(C)C)c1. The molecule has 1 unspecified atom stereocenters. The Bertz CT molecular complexity index is 681. The predicted molar refractivity (Wildman–Crippen MR) is 92.3 cm³/mol. The molecular formula is C19H22N2O2. The lowest BCUT2D eigenvalue weighted by Gasteiger charge is -2.22. The Balaban J connectivity index is 2.09. The first-order valence-electron chi connectivity index (χ1n) is 7.71. The number of rotatable bonds is 5.